The normalized spacial score (nSPS) is 15.4. The molecule has 26 heavy (non-hydrogen) atoms. The summed E-state index contributed by atoms with van der Waals surface area (Å²) in [5, 5.41) is 1.12. The van der Waals surface area contributed by atoms with Gasteiger partial charge < -0.3 is 4.74 Å². The quantitative estimate of drug-likeness (QED) is 0.634. The van der Waals surface area contributed by atoms with E-state index < -0.39 is 0 Å². The lowest BCUT2D eigenvalue weighted by atomic mass is 10.1. The van der Waals surface area contributed by atoms with Crippen LogP contribution in [-0.2, 0) is 16.0 Å². The number of amides is 2. The summed E-state index contributed by atoms with van der Waals surface area (Å²) in [6, 6.07) is 16.7. The lowest BCUT2D eigenvalue weighted by Crippen LogP contribution is -2.45. The molecule has 1 N–H and O–H groups in total. The number of nitrogens with one attached hydrogen (secondary N) is 1. The number of methoxy groups -OCH3 is 1. The molecule has 1 saturated heterocycles. The zero-order valence-electron chi connectivity index (χ0n) is 14.0. The number of benzene rings is 2. The van der Waals surface area contributed by atoms with Crippen LogP contribution in [0.5, 0.6) is 5.75 Å². The van der Waals surface area contributed by atoms with Crippen LogP contribution in [0, 0.1) is 0 Å². The summed E-state index contributed by atoms with van der Waals surface area (Å²) < 4.78 is 5.48. The fourth-order valence-electron chi connectivity index (χ4n) is 2.39. The summed E-state index contributed by atoms with van der Waals surface area (Å²) in [6.07, 6.45) is 1.90. The largest absolute Gasteiger partial charge is 0.497 e. The first-order chi connectivity index (χ1) is 12.6. The van der Waals surface area contributed by atoms with E-state index in [0.717, 1.165) is 27.9 Å². The molecule has 1 fully saturated rings. The van der Waals surface area contributed by atoms with E-state index in [1.54, 1.807) is 13.2 Å². The van der Waals surface area contributed by atoms with E-state index in [1.807, 2.05) is 54.6 Å². The van der Waals surface area contributed by atoms with Crippen molar-refractivity contribution in [2.45, 2.75) is 6.42 Å². The van der Waals surface area contributed by atoms with Crippen molar-refractivity contribution in [1.82, 2.24) is 10.4 Å². The van der Waals surface area contributed by atoms with Gasteiger partial charge in [-0.1, -0.05) is 54.2 Å². The maximum absolute atomic E-state index is 12.6. The third-order valence-corrected chi connectivity index (χ3v) is 4.93. The Balaban J connectivity index is 1.70. The van der Waals surface area contributed by atoms with Crippen molar-refractivity contribution in [1.29, 1.82) is 0 Å². The van der Waals surface area contributed by atoms with Gasteiger partial charge in [0.15, 0.2) is 4.32 Å². The average molecular weight is 384 g/mol. The number of hydrazine groups is 1. The second-order valence-corrected chi connectivity index (χ2v) is 7.17. The molecule has 7 heteroatoms. The fourth-order valence-corrected chi connectivity index (χ4v) is 3.57. The molecule has 132 valence electrons. The van der Waals surface area contributed by atoms with E-state index in [9.17, 15) is 9.59 Å². The lowest BCUT2D eigenvalue weighted by molar-refractivity contribution is -0.132. The highest BCUT2D eigenvalue weighted by atomic mass is 32.2. The number of thioether (sulfide) groups is 1. The number of carbonyl (C=O) groups is 2. The zero-order valence-corrected chi connectivity index (χ0v) is 15.6. The summed E-state index contributed by atoms with van der Waals surface area (Å²) in [6.45, 7) is 0. The Kier molecular flexibility index (Phi) is 5.70. The number of nitrogens with zero attached hydrogens (tertiary/aromatic N) is 1. The molecule has 2 aromatic carbocycles. The number of carbonyl (C=O) groups excluding carboxylic acids is 2. The van der Waals surface area contributed by atoms with Crippen molar-refractivity contribution >= 4 is 46.2 Å². The Hall–Kier alpha value is -2.64. The summed E-state index contributed by atoms with van der Waals surface area (Å²) in [5.74, 6) is 0.0600. The molecule has 0 unspecified atom stereocenters. The number of hydrogen-bond donors (Lipinski definition) is 1. The van der Waals surface area contributed by atoms with E-state index in [-0.39, 0.29) is 18.2 Å². The molecule has 1 heterocycles. The second-order valence-electron chi connectivity index (χ2n) is 5.49. The highest BCUT2D eigenvalue weighted by molar-refractivity contribution is 8.26. The van der Waals surface area contributed by atoms with Crippen LogP contribution in [-0.4, -0.2) is 28.3 Å². The number of thiocarbonyl (C=S) groups is 1. The molecule has 0 saturated carbocycles. The predicted molar refractivity (Wildman–Crippen MR) is 106 cm³/mol. The van der Waals surface area contributed by atoms with Gasteiger partial charge in [-0.25, -0.2) is 0 Å². The maximum Gasteiger partial charge on any atom is 0.285 e. The first-order valence-corrected chi connectivity index (χ1v) is 9.05. The van der Waals surface area contributed by atoms with Gasteiger partial charge in [-0.2, -0.15) is 5.01 Å². The Bertz CT molecular complexity index is 881. The van der Waals surface area contributed by atoms with Gasteiger partial charge in [-0.3, -0.25) is 15.0 Å². The highest BCUT2D eigenvalue weighted by Gasteiger charge is 2.33. The molecule has 0 atom stereocenters. The number of rotatable bonds is 5. The molecule has 1 aliphatic rings. The van der Waals surface area contributed by atoms with Crippen molar-refractivity contribution in [2.24, 2.45) is 0 Å². The van der Waals surface area contributed by atoms with Crippen molar-refractivity contribution in [3.63, 3.8) is 0 Å². The summed E-state index contributed by atoms with van der Waals surface area (Å²) >= 11 is 6.38. The third-order valence-electron chi connectivity index (χ3n) is 3.63. The number of hydrogen-bond acceptors (Lipinski definition) is 5. The Morgan fingerprint density at radius 1 is 1.23 bits per heavy atom. The van der Waals surface area contributed by atoms with Crippen LogP contribution in [0.1, 0.15) is 11.1 Å². The van der Waals surface area contributed by atoms with Gasteiger partial charge in [0.2, 0.25) is 5.91 Å². The molecule has 0 aromatic heterocycles. The minimum absolute atomic E-state index is 0.173. The van der Waals surface area contributed by atoms with E-state index in [4.69, 9.17) is 17.0 Å². The van der Waals surface area contributed by atoms with Crippen LogP contribution in [0.3, 0.4) is 0 Å². The standard InChI is InChI=1S/C19H16N2O3S2/c1-24-15-9-5-8-14(10-15)11-16-18(23)21(19(25)26-16)20-17(22)12-13-6-3-2-4-7-13/h2-11H,12H2,1H3,(H,20,22). The van der Waals surface area contributed by atoms with Crippen LogP contribution in [0.15, 0.2) is 59.5 Å². The van der Waals surface area contributed by atoms with Gasteiger partial charge >= 0.3 is 0 Å². The van der Waals surface area contributed by atoms with Gasteiger partial charge in [-0.05, 0) is 41.6 Å². The van der Waals surface area contributed by atoms with Gasteiger partial charge in [0.25, 0.3) is 5.91 Å². The second kappa shape index (κ2) is 8.16. The molecule has 2 amide bonds. The van der Waals surface area contributed by atoms with Crippen LogP contribution in [0.2, 0.25) is 0 Å². The minimum atomic E-state index is -0.343. The minimum Gasteiger partial charge on any atom is -0.497 e. The van der Waals surface area contributed by atoms with Gasteiger partial charge in [0.1, 0.15) is 5.75 Å². The van der Waals surface area contributed by atoms with Crippen molar-refractivity contribution in [3.8, 4) is 5.75 Å². The topological polar surface area (TPSA) is 58.6 Å². The maximum atomic E-state index is 12.6. The molecule has 0 aliphatic carbocycles. The van der Waals surface area contributed by atoms with Gasteiger partial charge in [-0.15, -0.1) is 0 Å². The molecule has 0 bridgehead atoms. The molecular weight excluding hydrogens is 368 g/mol. The van der Waals surface area contributed by atoms with E-state index in [2.05, 4.69) is 5.43 Å². The average Bonchev–Trinajstić information content (AvgIpc) is 2.90. The molecule has 5 nitrogen and oxygen atoms in total. The van der Waals surface area contributed by atoms with Crippen molar-refractivity contribution in [2.75, 3.05) is 7.11 Å². The summed E-state index contributed by atoms with van der Waals surface area (Å²) in [7, 11) is 1.58. The SMILES string of the molecule is COc1cccc(C=C2SC(=S)N(NC(=O)Cc3ccccc3)C2=O)c1. The van der Waals surface area contributed by atoms with Gasteiger partial charge in [0.05, 0.1) is 18.4 Å². The first-order valence-electron chi connectivity index (χ1n) is 7.82. The lowest BCUT2D eigenvalue weighted by Gasteiger charge is -2.15. The first kappa shape index (κ1) is 18.2. The van der Waals surface area contributed by atoms with Crippen LogP contribution >= 0.6 is 24.0 Å². The van der Waals surface area contributed by atoms with Gasteiger partial charge in [0, 0.05) is 0 Å². The van der Waals surface area contributed by atoms with Crippen molar-refractivity contribution < 1.29 is 14.3 Å². The summed E-state index contributed by atoms with van der Waals surface area (Å²) in [5.41, 5.74) is 4.27. The van der Waals surface area contributed by atoms with Crippen LogP contribution in [0.4, 0.5) is 0 Å². The highest BCUT2D eigenvalue weighted by Crippen LogP contribution is 2.31. The zero-order chi connectivity index (χ0) is 18.5. The molecule has 3 rings (SSSR count). The predicted octanol–water partition coefficient (Wildman–Crippen LogP) is 3.17. The summed E-state index contributed by atoms with van der Waals surface area (Å²) in [4.78, 5) is 25.2. The monoisotopic (exact) mass is 384 g/mol. The molecule has 1 aliphatic heterocycles. The molecule has 2 aromatic rings. The fraction of sp³-hybridized carbons (Fsp3) is 0.105. The van der Waals surface area contributed by atoms with Crippen LogP contribution in [0.25, 0.3) is 6.08 Å². The molecule has 0 radical (unpaired) electrons. The molecule has 0 spiro atoms. The smallest absolute Gasteiger partial charge is 0.285 e. The Morgan fingerprint density at radius 3 is 2.73 bits per heavy atom. The van der Waals surface area contributed by atoms with E-state index >= 15 is 0 Å². The number of ether oxygens (including phenoxy) is 1. The van der Waals surface area contributed by atoms with E-state index in [0.29, 0.717) is 15.0 Å². The van der Waals surface area contributed by atoms with Crippen molar-refractivity contribution in [3.05, 3.63) is 70.6 Å². The third kappa shape index (κ3) is 4.30. The van der Waals surface area contributed by atoms with Crippen LogP contribution < -0.4 is 10.2 Å². The Morgan fingerprint density at radius 2 is 2.00 bits per heavy atom. The Labute approximate surface area is 161 Å². The van der Waals surface area contributed by atoms with E-state index in [1.165, 1.54) is 0 Å². The molecular formula is C19H16N2O3S2.